The highest BCUT2D eigenvalue weighted by Gasteiger charge is 2.10. The normalized spacial score (nSPS) is 10.3. The van der Waals surface area contributed by atoms with Crippen molar-refractivity contribution in [3.63, 3.8) is 0 Å². The Kier molecular flexibility index (Phi) is 2.40. The zero-order chi connectivity index (χ0) is 11.7. The maximum Gasteiger partial charge on any atom is 0.254 e. The molecule has 1 amide bonds. The van der Waals surface area contributed by atoms with Gasteiger partial charge in [0.2, 0.25) is 0 Å². The van der Waals surface area contributed by atoms with Gasteiger partial charge in [-0.25, -0.2) is 0 Å². The number of phenolic OH excluding ortho intramolecular Hbond substituents is 2. The third-order valence-electron chi connectivity index (χ3n) is 2.41. The summed E-state index contributed by atoms with van der Waals surface area (Å²) in [6.07, 6.45) is 0. The third kappa shape index (κ3) is 1.65. The van der Waals surface area contributed by atoms with Gasteiger partial charge in [-0.1, -0.05) is 6.07 Å². The van der Waals surface area contributed by atoms with Crippen LogP contribution in [0.25, 0.3) is 10.8 Å². The first-order valence-electron chi connectivity index (χ1n) is 4.79. The van der Waals surface area contributed by atoms with Crippen LogP contribution in [0.3, 0.4) is 0 Å². The summed E-state index contributed by atoms with van der Waals surface area (Å²) in [7, 11) is 1.50. The second kappa shape index (κ2) is 3.73. The van der Waals surface area contributed by atoms with Crippen molar-refractivity contribution in [2.45, 2.75) is 0 Å². The first-order chi connectivity index (χ1) is 7.61. The predicted molar refractivity (Wildman–Crippen MR) is 60.7 cm³/mol. The Bertz CT molecular complexity index is 563. The van der Waals surface area contributed by atoms with Crippen molar-refractivity contribution >= 4 is 16.7 Å². The van der Waals surface area contributed by atoms with Crippen LogP contribution in [0.5, 0.6) is 11.5 Å². The highest BCUT2D eigenvalue weighted by atomic mass is 16.3. The summed E-state index contributed by atoms with van der Waals surface area (Å²) >= 11 is 0. The summed E-state index contributed by atoms with van der Waals surface area (Å²) in [6, 6.07) is 7.80. The molecule has 0 saturated heterocycles. The van der Waals surface area contributed by atoms with Gasteiger partial charge in [0.25, 0.3) is 5.91 Å². The molecule has 4 nitrogen and oxygen atoms in total. The van der Waals surface area contributed by atoms with E-state index in [1.165, 1.54) is 25.2 Å². The van der Waals surface area contributed by atoms with Gasteiger partial charge < -0.3 is 15.5 Å². The van der Waals surface area contributed by atoms with Crippen LogP contribution in [-0.4, -0.2) is 23.2 Å². The molecule has 0 aliphatic carbocycles. The molecule has 2 rings (SSSR count). The number of aromatic hydroxyl groups is 2. The molecule has 0 saturated carbocycles. The molecule has 0 bridgehead atoms. The minimum atomic E-state index is -0.340. The van der Waals surface area contributed by atoms with Gasteiger partial charge >= 0.3 is 0 Å². The van der Waals surface area contributed by atoms with E-state index in [4.69, 9.17) is 0 Å². The number of hydrogen-bond acceptors (Lipinski definition) is 3. The smallest absolute Gasteiger partial charge is 0.254 e. The number of phenols is 2. The Hall–Kier alpha value is -2.23. The molecular formula is C12H11NO3. The highest BCUT2D eigenvalue weighted by molar-refractivity contribution is 6.01. The monoisotopic (exact) mass is 217 g/mol. The molecule has 16 heavy (non-hydrogen) atoms. The van der Waals surface area contributed by atoms with Gasteiger partial charge in [-0.3, -0.25) is 4.79 Å². The van der Waals surface area contributed by atoms with Crippen LogP contribution in [0.15, 0.2) is 30.3 Å². The number of nitrogens with one attached hydrogen (secondary N) is 1. The number of amides is 1. The maximum absolute atomic E-state index is 11.4. The summed E-state index contributed by atoms with van der Waals surface area (Å²) in [4.78, 5) is 11.4. The Morgan fingerprint density at radius 1 is 1.12 bits per heavy atom. The number of carbonyl (C=O) groups excluding carboxylic acids is 1. The lowest BCUT2D eigenvalue weighted by molar-refractivity contribution is 0.0960. The largest absolute Gasteiger partial charge is 0.508 e. The molecule has 2 aromatic rings. The van der Waals surface area contributed by atoms with Crippen molar-refractivity contribution in [1.82, 2.24) is 5.32 Å². The number of benzene rings is 2. The topological polar surface area (TPSA) is 69.6 Å². The molecule has 0 aromatic heterocycles. The average Bonchev–Trinajstić information content (AvgIpc) is 2.27. The predicted octanol–water partition coefficient (Wildman–Crippen LogP) is 1.61. The van der Waals surface area contributed by atoms with E-state index >= 15 is 0 Å². The van der Waals surface area contributed by atoms with Gasteiger partial charge in [0.05, 0.1) is 5.56 Å². The summed E-state index contributed by atoms with van der Waals surface area (Å²) in [6.45, 7) is 0. The van der Waals surface area contributed by atoms with E-state index in [-0.39, 0.29) is 23.0 Å². The van der Waals surface area contributed by atoms with Gasteiger partial charge in [-0.05, 0) is 35.0 Å². The molecule has 2 aromatic carbocycles. The van der Waals surface area contributed by atoms with Crippen LogP contribution in [0, 0.1) is 0 Å². The maximum atomic E-state index is 11.4. The fourth-order valence-electron chi connectivity index (χ4n) is 1.59. The van der Waals surface area contributed by atoms with Crippen molar-refractivity contribution in [2.75, 3.05) is 7.05 Å². The van der Waals surface area contributed by atoms with E-state index < -0.39 is 0 Å². The van der Waals surface area contributed by atoms with E-state index in [1.807, 2.05) is 0 Å². The van der Waals surface area contributed by atoms with Crippen LogP contribution in [-0.2, 0) is 0 Å². The Balaban J connectivity index is 2.67. The van der Waals surface area contributed by atoms with Crippen LogP contribution in [0.4, 0.5) is 0 Å². The van der Waals surface area contributed by atoms with E-state index in [1.54, 1.807) is 12.1 Å². The van der Waals surface area contributed by atoms with Crippen LogP contribution in [0.2, 0.25) is 0 Å². The fourth-order valence-corrected chi connectivity index (χ4v) is 1.59. The molecule has 82 valence electrons. The van der Waals surface area contributed by atoms with Crippen molar-refractivity contribution in [1.29, 1.82) is 0 Å². The van der Waals surface area contributed by atoms with Gasteiger partial charge in [-0.15, -0.1) is 0 Å². The van der Waals surface area contributed by atoms with E-state index in [0.29, 0.717) is 5.39 Å². The SMILES string of the molecule is CNC(=O)c1cc2ccc(O)cc2cc1O. The molecule has 0 aliphatic heterocycles. The molecule has 0 fully saturated rings. The standard InChI is InChI=1S/C12H11NO3/c1-13-12(16)10-5-7-2-3-9(14)4-8(7)6-11(10)15/h2-6,14-15H,1H3,(H,13,16). The summed E-state index contributed by atoms with van der Waals surface area (Å²) in [5, 5.41) is 22.9. The lowest BCUT2D eigenvalue weighted by atomic mass is 10.1. The lowest BCUT2D eigenvalue weighted by Gasteiger charge is -2.06. The van der Waals surface area contributed by atoms with Crippen LogP contribution in [0.1, 0.15) is 10.4 Å². The van der Waals surface area contributed by atoms with E-state index in [2.05, 4.69) is 5.32 Å². The van der Waals surface area contributed by atoms with Crippen LogP contribution < -0.4 is 5.32 Å². The van der Waals surface area contributed by atoms with Gasteiger partial charge in [0.15, 0.2) is 0 Å². The van der Waals surface area contributed by atoms with Gasteiger partial charge in [0.1, 0.15) is 11.5 Å². The Labute approximate surface area is 92.1 Å². The minimum Gasteiger partial charge on any atom is -0.508 e. The number of carbonyl (C=O) groups is 1. The third-order valence-corrected chi connectivity index (χ3v) is 2.41. The molecule has 4 heteroatoms. The van der Waals surface area contributed by atoms with Gasteiger partial charge in [0, 0.05) is 7.05 Å². The van der Waals surface area contributed by atoms with Crippen molar-refractivity contribution in [3.8, 4) is 11.5 Å². The van der Waals surface area contributed by atoms with E-state index in [0.717, 1.165) is 5.39 Å². The second-order valence-electron chi connectivity index (χ2n) is 3.48. The number of rotatable bonds is 1. The molecule has 0 atom stereocenters. The molecule has 0 radical (unpaired) electrons. The number of fused-ring (bicyclic) bond motifs is 1. The molecule has 0 spiro atoms. The van der Waals surface area contributed by atoms with Crippen molar-refractivity contribution in [2.24, 2.45) is 0 Å². The quantitative estimate of drug-likeness (QED) is 0.679. The molecule has 3 N–H and O–H groups in total. The van der Waals surface area contributed by atoms with Crippen molar-refractivity contribution in [3.05, 3.63) is 35.9 Å². The summed E-state index contributed by atoms with van der Waals surface area (Å²) < 4.78 is 0. The second-order valence-corrected chi connectivity index (χ2v) is 3.48. The highest BCUT2D eigenvalue weighted by Crippen LogP contribution is 2.27. The van der Waals surface area contributed by atoms with E-state index in [9.17, 15) is 15.0 Å². The Morgan fingerprint density at radius 2 is 1.88 bits per heavy atom. The zero-order valence-corrected chi connectivity index (χ0v) is 8.69. The summed E-state index contributed by atoms with van der Waals surface area (Å²) in [5.41, 5.74) is 0.223. The minimum absolute atomic E-state index is 0.0996. The lowest BCUT2D eigenvalue weighted by Crippen LogP contribution is -2.17. The molecule has 0 aliphatic rings. The van der Waals surface area contributed by atoms with Gasteiger partial charge in [-0.2, -0.15) is 0 Å². The molecule has 0 heterocycles. The summed E-state index contributed by atoms with van der Waals surface area (Å²) in [5.74, 6) is -0.315. The fraction of sp³-hybridized carbons (Fsp3) is 0.0833. The first-order valence-corrected chi connectivity index (χ1v) is 4.79. The number of hydrogen-bond donors (Lipinski definition) is 3. The average molecular weight is 217 g/mol. The van der Waals surface area contributed by atoms with Crippen LogP contribution >= 0.6 is 0 Å². The zero-order valence-electron chi connectivity index (χ0n) is 8.69. The first kappa shape index (κ1) is 10.3. The molecular weight excluding hydrogens is 206 g/mol. The molecule has 0 unspecified atom stereocenters. The van der Waals surface area contributed by atoms with Crippen molar-refractivity contribution < 1.29 is 15.0 Å². The Morgan fingerprint density at radius 3 is 2.56 bits per heavy atom.